The van der Waals surface area contributed by atoms with Gasteiger partial charge in [-0.25, -0.2) is 4.79 Å². The van der Waals surface area contributed by atoms with Gasteiger partial charge in [-0.3, -0.25) is 9.59 Å². The third-order valence-corrected chi connectivity index (χ3v) is 5.60. The number of Topliss-reactive ketones (excluding diaryl/α,β-unsaturated/α-hetero) is 1. The highest BCUT2D eigenvalue weighted by Crippen LogP contribution is 2.30. The largest absolute Gasteiger partial charge is 0.464 e. The second kappa shape index (κ2) is 8.06. The molecule has 0 N–H and O–H groups in total. The van der Waals surface area contributed by atoms with Crippen molar-refractivity contribution in [2.24, 2.45) is 13.0 Å². The van der Waals surface area contributed by atoms with Gasteiger partial charge in [0.05, 0.1) is 13.2 Å². The lowest BCUT2D eigenvalue weighted by atomic mass is 9.83. The summed E-state index contributed by atoms with van der Waals surface area (Å²) in [6, 6.07) is -0.548. The zero-order valence-corrected chi connectivity index (χ0v) is 16.7. The Kier molecular flexibility index (Phi) is 6.26. The maximum atomic E-state index is 13.3. The zero-order chi connectivity index (χ0) is 19.6. The molecule has 1 fully saturated rings. The molecular formula is C20H30N2O4. The number of amides is 1. The number of hydrogen-bond acceptors (Lipinski definition) is 4. The molecular weight excluding hydrogens is 332 g/mol. The topological polar surface area (TPSA) is 68.6 Å². The van der Waals surface area contributed by atoms with E-state index in [1.165, 1.54) is 7.11 Å². The van der Waals surface area contributed by atoms with Crippen LogP contribution < -0.4 is 0 Å². The first-order valence-electron chi connectivity index (χ1n) is 9.35. The molecule has 1 aliphatic carbocycles. The summed E-state index contributed by atoms with van der Waals surface area (Å²) in [4.78, 5) is 39.8. The van der Waals surface area contributed by atoms with Crippen LogP contribution >= 0.6 is 0 Å². The van der Waals surface area contributed by atoms with E-state index < -0.39 is 12.0 Å². The summed E-state index contributed by atoms with van der Waals surface area (Å²) in [7, 11) is 3.08. The average Bonchev–Trinajstić information content (AvgIpc) is 2.78. The maximum Gasteiger partial charge on any atom is 0.354 e. The van der Waals surface area contributed by atoms with Gasteiger partial charge >= 0.3 is 5.97 Å². The van der Waals surface area contributed by atoms with Crippen LogP contribution in [0.25, 0.3) is 0 Å². The molecule has 144 valence electrons. The molecule has 1 atom stereocenters. The fourth-order valence-corrected chi connectivity index (χ4v) is 3.70. The van der Waals surface area contributed by atoms with Crippen molar-refractivity contribution in [2.45, 2.75) is 59.4 Å². The summed E-state index contributed by atoms with van der Waals surface area (Å²) in [5.74, 6) is -0.443. The van der Waals surface area contributed by atoms with Crippen LogP contribution in [0.3, 0.4) is 0 Å². The Hall–Kier alpha value is -2.11. The third-order valence-electron chi connectivity index (χ3n) is 5.60. The monoisotopic (exact) mass is 362 g/mol. The normalized spacial score (nSPS) is 15.3. The van der Waals surface area contributed by atoms with E-state index in [9.17, 15) is 14.4 Å². The molecule has 1 amide bonds. The van der Waals surface area contributed by atoms with Crippen molar-refractivity contribution in [3.63, 3.8) is 0 Å². The van der Waals surface area contributed by atoms with Crippen LogP contribution in [0.15, 0.2) is 0 Å². The third kappa shape index (κ3) is 3.41. The Morgan fingerprint density at radius 1 is 1.27 bits per heavy atom. The lowest BCUT2D eigenvalue weighted by Crippen LogP contribution is -2.47. The smallest absolute Gasteiger partial charge is 0.354 e. The molecule has 6 nitrogen and oxygen atoms in total. The fourth-order valence-electron chi connectivity index (χ4n) is 3.70. The van der Waals surface area contributed by atoms with E-state index in [4.69, 9.17) is 4.74 Å². The van der Waals surface area contributed by atoms with Gasteiger partial charge in [0.15, 0.2) is 5.78 Å². The number of nitrogens with zero attached hydrogens (tertiary/aromatic N) is 2. The molecule has 1 saturated carbocycles. The standard InChI is InChI=1S/C20H30N2O4/c1-7-11-22(19(24)15-9-8-10-15)14(4)18(23)16-12(2)17(20(25)26-6)21(5)13(16)3/h14-15H,7-11H2,1-6H3/t14-/m0/s1. The zero-order valence-electron chi connectivity index (χ0n) is 16.7. The van der Waals surface area contributed by atoms with E-state index in [0.29, 0.717) is 29.1 Å². The van der Waals surface area contributed by atoms with Crippen LogP contribution in [0.5, 0.6) is 0 Å². The second-order valence-corrected chi connectivity index (χ2v) is 7.18. The van der Waals surface area contributed by atoms with E-state index in [2.05, 4.69) is 0 Å². The minimum absolute atomic E-state index is 0.0559. The predicted octanol–water partition coefficient (Wildman–Crippen LogP) is 3.04. The molecule has 1 heterocycles. The highest BCUT2D eigenvalue weighted by atomic mass is 16.5. The van der Waals surface area contributed by atoms with Crippen LogP contribution in [-0.4, -0.2) is 46.8 Å². The van der Waals surface area contributed by atoms with Gasteiger partial charge in [0.1, 0.15) is 5.69 Å². The molecule has 0 aliphatic heterocycles. The molecule has 0 radical (unpaired) electrons. The lowest BCUT2D eigenvalue weighted by molar-refractivity contribution is -0.139. The first-order chi connectivity index (χ1) is 12.3. The molecule has 0 saturated heterocycles. The van der Waals surface area contributed by atoms with Crippen LogP contribution in [0, 0.1) is 19.8 Å². The first-order valence-corrected chi connectivity index (χ1v) is 9.35. The van der Waals surface area contributed by atoms with E-state index in [0.717, 1.165) is 25.7 Å². The second-order valence-electron chi connectivity index (χ2n) is 7.18. The van der Waals surface area contributed by atoms with Crippen molar-refractivity contribution in [1.82, 2.24) is 9.47 Å². The molecule has 1 aromatic heterocycles. The molecule has 6 heteroatoms. The first kappa shape index (κ1) is 20.2. The number of carbonyl (C=O) groups excluding carboxylic acids is 3. The summed E-state index contributed by atoms with van der Waals surface area (Å²) in [6.07, 6.45) is 3.71. The minimum Gasteiger partial charge on any atom is -0.464 e. The number of hydrogen-bond donors (Lipinski definition) is 0. The Morgan fingerprint density at radius 3 is 2.35 bits per heavy atom. The Labute approximate surface area is 155 Å². The molecule has 0 bridgehead atoms. The molecule has 1 aliphatic rings. The number of esters is 1. The van der Waals surface area contributed by atoms with Gasteiger partial charge in [-0.15, -0.1) is 0 Å². The molecule has 1 aromatic rings. The Morgan fingerprint density at radius 2 is 1.88 bits per heavy atom. The van der Waals surface area contributed by atoms with Crippen molar-refractivity contribution in [1.29, 1.82) is 0 Å². The number of aromatic nitrogens is 1. The Bertz CT molecular complexity index is 716. The van der Waals surface area contributed by atoms with Crippen molar-refractivity contribution in [3.05, 3.63) is 22.5 Å². The average molecular weight is 362 g/mol. The van der Waals surface area contributed by atoms with Crippen LogP contribution in [0.4, 0.5) is 0 Å². The van der Waals surface area contributed by atoms with Gasteiger partial charge in [0, 0.05) is 30.8 Å². The number of carbonyl (C=O) groups is 3. The van der Waals surface area contributed by atoms with Gasteiger partial charge in [0.2, 0.25) is 5.91 Å². The molecule has 2 rings (SSSR count). The molecule has 0 spiro atoms. The number of rotatable bonds is 7. The highest BCUT2D eigenvalue weighted by Gasteiger charge is 2.36. The van der Waals surface area contributed by atoms with E-state index in [1.54, 1.807) is 30.4 Å². The van der Waals surface area contributed by atoms with Crippen LogP contribution in [-0.2, 0) is 16.6 Å². The minimum atomic E-state index is -0.548. The summed E-state index contributed by atoms with van der Waals surface area (Å²) < 4.78 is 6.54. The maximum absolute atomic E-state index is 13.3. The van der Waals surface area contributed by atoms with Crippen molar-refractivity contribution in [3.8, 4) is 0 Å². The van der Waals surface area contributed by atoms with E-state index in [-0.39, 0.29) is 17.6 Å². The van der Waals surface area contributed by atoms with Crippen molar-refractivity contribution < 1.29 is 19.1 Å². The predicted molar refractivity (Wildman–Crippen MR) is 99.4 cm³/mol. The van der Waals surface area contributed by atoms with Crippen LogP contribution in [0.1, 0.15) is 71.6 Å². The van der Waals surface area contributed by atoms with Gasteiger partial charge < -0.3 is 14.2 Å². The van der Waals surface area contributed by atoms with E-state index in [1.807, 2.05) is 13.8 Å². The van der Waals surface area contributed by atoms with Gasteiger partial charge in [0.25, 0.3) is 0 Å². The summed E-state index contributed by atoms with van der Waals surface area (Å²) in [5, 5.41) is 0. The lowest BCUT2D eigenvalue weighted by Gasteiger charge is -2.35. The molecule has 26 heavy (non-hydrogen) atoms. The van der Waals surface area contributed by atoms with Gasteiger partial charge in [-0.1, -0.05) is 13.3 Å². The summed E-state index contributed by atoms with van der Waals surface area (Å²) in [5.41, 5.74) is 2.23. The van der Waals surface area contributed by atoms with Crippen molar-refractivity contribution in [2.75, 3.05) is 13.7 Å². The van der Waals surface area contributed by atoms with Crippen molar-refractivity contribution >= 4 is 17.7 Å². The molecule has 0 aromatic carbocycles. The van der Waals surface area contributed by atoms with Gasteiger partial charge in [-0.05, 0) is 45.6 Å². The summed E-state index contributed by atoms with van der Waals surface area (Å²) >= 11 is 0. The quantitative estimate of drug-likeness (QED) is 0.552. The molecule has 0 unspecified atom stereocenters. The SMILES string of the molecule is CCCN(C(=O)C1CCC1)[C@@H](C)C(=O)c1c(C)c(C(=O)OC)n(C)c1C. The number of methoxy groups -OCH3 is 1. The summed E-state index contributed by atoms with van der Waals surface area (Å²) in [6.45, 7) is 7.94. The van der Waals surface area contributed by atoms with E-state index >= 15 is 0 Å². The van der Waals surface area contributed by atoms with Gasteiger partial charge in [-0.2, -0.15) is 0 Å². The number of ether oxygens (including phenoxy) is 1. The Balaban J connectivity index is 2.37. The highest BCUT2D eigenvalue weighted by molar-refractivity contribution is 6.06. The fraction of sp³-hybridized carbons (Fsp3) is 0.650. The van der Waals surface area contributed by atoms with Crippen LogP contribution in [0.2, 0.25) is 0 Å². The number of ketones is 1.